The van der Waals surface area contributed by atoms with Crippen LogP contribution in [0.4, 0.5) is 4.39 Å². The molecule has 1 saturated heterocycles. The molecule has 1 aliphatic heterocycles. The largest absolute Gasteiger partial charge is 0.274 e. The van der Waals surface area contributed by atoms with Crippen LogP contribution in [0.15, 0.2) is 58.3 Å². The predicted octanol–water partition coefficient (Wildman–Crippen LogP) is 2.38. The molecule has 3 rings (SSSR count). The number of piperidine rings is 1. The van der Waals surface area contributed by atoms with Crippen molar-refractivity contribution in [2.75, 3.05) is 13.1 Å². The molecule has 0 bridgehead atoms. The van der Waals surface area contributed by atoms with Gasteiger partial charge < -0.3 is 0 Å². The zero-order valence-electron chi connectivity index (χ0n) is 15.1. The molecular weight excluding hydrogens is 443 g/mol. The molecule has 0 unspecified atom stereocenters. The Hall–Kier alpha value is -2.01. The maximum atomic E-state index is 13.9. The Kier molecular flexibility index (Phi) is 6.27. The first-order valence-corrected chi connectivity index (χ1v) is 12.0. The second-order valence-corrected chi connectivity index (χ2v) is 10.6. The van der Waals surface area contributed by atoms with E-state index in [1.54, 1.807) is 18.2 Å². The van der Waals surface area contributed by atoms with Crippen molar-refractivity contribution in [1.29, 1.82) is 0 Å². The Balaban J connectivity index is 1.66. The highest BCUT2D eigenvalue weighted by molar-refractivity contribution is 7.90. The Morgan fingerprint density at radius 1 is 1.03 bits per heavy atom. The SMILES string of the molecule is O=C(NS(=O)(=O)c1ccc(Cl)cc1F)C1CCN(S(=O)(=O)c2ccccc2)CC1. The van der Waals surface area contributed by atoms with Crippen LogP contribution in [0.3, 0.4) is 0 Å². The van der Waals surface area contributed by atoms with E-state index in [-0.39, 0.29) is 35.8 Å². The molecular formula is C18H18ClFN2O5S2. The van der Waals surface area contributed by atoms with Crippen molar-refractivity contribution in [1.82, 2.24) is 9.03 Å². The Morgan fingerprint density at radius 3 is 2.24 bits per heavy atom. The lowest BCUT2D eigenvalue weighted by Crippen LogP contribution is -2.44. The molecule has 0 aliphatic carbocycles. The van der Waals surface area contributed by atoms with E-state index in [4.69, 9.17) is 11.6 Å². The number of amides is 1. The fourth-order valence-corrected chi connectivity index (χ4v) is 5.82. The summed E-state index contributed by atoms with van der Waals surface area (Å²) in [6, 6.07) is 10.9. The van der Waals surface area contributed by atoms with Gasteiger partial charge in [0, 0.05) is 24.0 Å². The van der Waals surface area contributed by atoms with E-state index in [9.17, 15) is 26.0 Å². The monoisotopic (exact) mass is 460 g/mol. The maximum Gasteiger partial charge on any atom is 0.266 e. The van der Waals surface area contributed by atoms with Gasteiger partial charge in [-0.2, -0.15) is 4.31 Å². The molecule has 2 aromatic carbocycles. The summed E-state index contributed by atoms with van der Waals surface area (Å²) in [7, 11) is -8.08. The number of benzene rings is 2. The standard InChI is InChI=1S/C18H18ClFN2O5S2/c19-14-6-7-17(16(20)12-14)28(24,25)21-18(23)13-8-10-22(11-9-13)29(26,27)15-4-2-1-3-5-15/h1-7,12-13H,8-11H2,(H,21,23). The average Bonchev–Trinajstić information content (AvgIpc) is 2.68. The minimum absolute atomic E-state index is 0.0276. The van der Waals surface area contributed by atoms with E-state index >= 15 is 0 Å². The molecule has 1 fully saturated rings. The molecule has 1 aliphatic rings. The van der Waals surface area contributed by atoms with E-state index in [1.807, 2.05) is 4.72 Å². The number of nitrogens with one attached hydrogen (secondary N) is 1. The fourth-order valence-electron chi connectivity index (χ4n) is 3.06. The minimum atomic E-state index is -4.41. The third-order valence-electron chi connectivity index (χ3n) is 4.62. The lowest BCUT2D eigenvalue weighted by molar-refractivity contribution is -0.124. The van der Waals surface area contributed by atoms with Crippen molar-refractivity contribution >= 4 is 37.6 Å². The van der Waals surface area contributed by atoms with E-state index in [1.165, 1.54) is 22.5 Å². The highest BCUT2D eigenvalue weighted by Gasteiger charge is 2.34. The number of carbonyl (C=O) groups is 1. The molecule has 29 heavy (non-hydrogen) atoms. The fraction of sp³-hybridized carbons (Fsp3) is 0.278. The third kappa shape index (κ3) is 4.77. The van der Waals surface area contributed by atoms with Gasteiger partial charge in [0.15, 0.2) is 0 Å². The third-order valence-corrected chi connectivity index (χ3v) is 8.15. The smallest absolute Gasteiger partial charge is 0.266 e. The molecule has 1 N–H and O–H groups in total. The van der Waals surface area contributed by atoms with Crippen LogP contribution < -0.4 is 4.72 Å². The molecule has 11 heteroatoms. The summed E-state index contributed by atoms with van der Waals surface area (Å²) in [5, 5.41) is 0.0276. The molecule has 2 aromatic rings. The van der Waals surface area contributed by atoms with Gasteiger partial charge in [0.2, 0.25) is 15.9 Å². The zero-order valence-corrected chi connectivity index (χ0v) is 17.5. The molecule has 1 amide bonds. The number of nitrogens with zero attached hydrogens (tertiary/aromatic N) is 1. The van der Waals surface area contributed by atoms with Crippen LogP contribution in [0, 0.1) is 11.7 Å². The zero-order chi connectivity index (χ0) is 21.2. The molecule has 0 aromatic heterocycles. The Morgan fingerprint density at radius 2 is 1.66 bits per heavy atom. The summed E-state index contributed by atoms with van der Waals surface area (Å²) < 4.78 is 66.9. The van der Waals surface area contributed by atoms with Crippen molar-refractivity contribution in [3.63, 3.8) is 0 Å². The van der Waals surface area contributed by atoms with Gasteiger partial charge in [-0.1, -0.05) is 29.8 Å². The molecule has 1 heterocycles. The van der Waals surface area contributed by atoms with Gasteiger partial charge in [0.05, 0.1) is 4.90 Å². The van der Waals surface area contributed by atoms with Crippen molar-refractivity contribution in [3.8, 4) is 0 Å². The first-order valence-electron chi connectivity index (χ1n) is 8.68. The van der Waals surface area contributed by atoms with Gasteiger partial charge in [0.25, 0.3) is 10.0 Å². The summed E-state index contributed by atoms with van der Waals surface area (Å²) in [5.74, 6) is -2.57. The normalized spacial score (nSPS) is 16.5. The minimum Gasteiger partial charge on any atom is -0.274 e. The van der Waals surface area contributed by atoms with Crippen LogP contribution in [0.5, 0.6) is 0 Å². The summed E-state index contributed by atoms with van der Waals surface area (Å²) in [5.41, 5.74) is 0. The molecule has 0 spiro atoms. The van der Waals surface area contributed by atoms with Gasteiger partial charge >= 0.3 is 0 Å². The second kappa shape index (κ2) is 8.39. The Bertz CT molecular complexity index is 1120. The van der Waals surface area contributed by atoms with E-state index in [2.05, 4.69) is 0 Å². The summed E-state index contributed by atoms with van der Waals surface area (Å²) >= 11 is 5.61. The highest BCUT2D eigenvalue weighted by Crippen LogP contribution is 2.25. The average molecular weight is 461 g/mol. The lowest BCUT2D eigenvalue weighted by Gasteiger charge is -2.30. The topological polar surface area (TPSA) is 101 Å². The van der Waals surface area contributed by atoms with Crippen molar-refractivity contribution in [3.05, 3.63) is 59.4 Å². The molecule has 156 valence electrons. The number of hydrogen-bond donors (Lipinski definition) is 1. The number of halogens is 2. The first kappa shape index (κ1) is 21.7. The quantitative estimate of drug-likeness (QED) is 0.738. The maximum absolute atomic E-state index is 13.9. The number of sulfonamides is 2. The number of hydrogen-bond acceptors (Lipinski definition) is 5. The summed E-state index contributed by atoms with van der Waals surface area (Å²) in [6.45, 7) is 0.148. The predicted molar refractivity (Wildman–Crippen MR) is 105 cm³/mol. The van der Waals surface area contributed by atoms with Crippen LogP contribution in [0.1, 0.15) is 12.8 Å². The molecule has 0 radical (unpaired) electrons. The molecule has 7 nitrogen and oxygen atoms in total. The van der Waals surface area contributed by atoms with Crippen molar-refractivity contribution < 1.29 is 26.0 Å². The highest BCUT2D eigenvalue weighted by atomic mass is 35.5. The van der Waals surface area contributed by atoms with Crippen LogP contribution in [0.25, 0.3) is 0 Å². The van der Waals surface area contributed by atoms with Gasteiger partial charge in [-0.3, -0.25) is 4.79 Å². The van der Waals surface area contributed by atoms with E-state index in [0.717, 1.165) is 12.1 Å². The Labute approximate surface area is 173 Å². The van der Waals surface area contributed by atoms with Gasteiger partial charge in [-0.25, -0.2) is 25.9 Å². The molecule has 0 saturated carbocycles. The number of carbonyl (C=O) groups excluding carboxylic acids is 1. The van der Waals surface area contributed by atoms with Gasteiger partial charge in [-0.05, 0) is 43.2 Å². The van der Waals surface area contributed by atoms with Crippen molar-refractivity contribution in [2.45, 2.75) is 22.6 Å². The lowest BCUT2D eigenvalue weighted by atomic mass is 9.98. The number of rotatable bonds is 5. The van der Waals surface area contributed by atoms with Crippen molar-refractivity contribution in [2.24, 2.45) is 5.92 Å². The second-order valence-electron chi connectivity index (χ2n) is 6.54. The van der Waals surface area contributed by atoms with Crippen LogP contribution >= 0.6 is 11.6 Å². The summed E-state index contributed by atoms with van der Waals surface area (Å²) in [6.07, 6.45) is 0.299. The van der Waals surface area contributed by atoms with Crippen LogP contribution in [-0.2, 0) is 24.8 Å². The van der Waals surface area contributed by atoms with E-state index in [0.29, 0.717) is 0 Å². The van der Waals surface area contributed by atoms with Crippen LogP contribution in [0.2, 0.25) is 5.02 Å². The van der Waals surface area contributed by atoms with Gasteiger partial charge in [-0.15, -0.1) is 0 Å². The van der Waals surface area contributed by atoms with E-state index < -0.39 is 42.6 Å². The van der Waals surface area contributed by atoms with Crippen LogP contribution in [-0.4, -0.2) is 40.1 Å². The summed E-state index contributed by atoms with van der Waals surface area (Å²) in [4.78, 5) is 11.9. The molecule has 0 atom stereocenters. The van der Waals surface area contributed by atoms with Gasteiger partial charge in [0.1, 0.15) is 10.7 Å². The first-order chi connectivity index (χ1) is 13.6.